The summed E-state index contributed by atoms with van der Waals surface area (Å²) in [5, 5.41) is 1.45. The summed E-state index contributed by atoms with van der Waals surface area (Å²) in [5.41, 5.74) is 7.23. The molecule has 0 bridgehead atoms. The number of hydrogen-bond donors (Lipinski definition) is 0. The van der Waals surface area contributed by atoms with Gasteiger partial charge in [0.05, 0.1) is 0 Å². The van der Waals surface area contributed by atoms with Crippen LogP contribution in [-0.2, 0) is 19.4 Å². The highest BCUT2D eigenvalue weighted by Crippen LogP contribution is 2.33. The molecule has 0 saturated carbocycles. The largest absolute Gasteiger partial charge is 0.340 e. The van der Waals surface area contributed by atoms with Gasteiger partial charge in [-0.3, -0.25) is 0 Å². The third-order valence-electron chi connectivity index (χ3n) is 5.54. The lowest BCUT2D eigenvalue weighted by Gasteiger charge is -2.29. The zero-order chi connectivity index (χ0) is 16.7. The van der Waals surface area contributed by atoms with E-state index in [-0.39, 0.29) is 0 Å². The zero-order valence-electron chi connectivity index (χ0n) is 14.9. The van der Waals surface area contributed by atoms with Gasteiger partial charge in [-0.15, -0.1) is 0 Å². The highest BCUT2D eigenvalue weighted by atomic mass is 15.1. The molecule has 2 heteroatoms. The molecule has 1 heterocycles. The number of fused-ring (bicyclic) bond motifs is 3. The Balaban J connectivity index is 1.80. The van der Waals surface area contributed by atoms with Gasteiger partial charge in [0.15, 0.2) is 0 Å². The maximum atomic E-state index is 2.56. The standard InChI is InChI=1S/C22H26N2/c1-16-8-10-17(11-9-16)15-24-21-7-5-4-6-19(21)20-14-18(23(2)3)12-13-22(20)24/h4-11,18H,12-15H2,1-3H3. The average molecular weight is 318 g/mol. The van der Waals surface area contributed by atoms with Crippen molar-refractivity contribution in [3.8, 4) is 0 Å². The molecule has 0 amide bonds. The van der Waals surface area contributed by atoms with Crippen molar-refractivity contribution in [1.82, 2.24) is 9.47 Å². The summed E-state index contributed by atoms with van der Waals surface area (Å²) >= 11 is 0. The molecular weight excluding hydrogens is 292 g/mol. The first kappa shape index (κ1) is 15.5. The van der Waals surface area contributed by atoms with Crippen molar-refractivity contribution in [2.45, 2.75) is 38.8 Å². The molecule has 0 fully saturated rings. The topological polar surface area (TPSA) is 8.17 Å². The Kier molecular flexibility index (Phi) is 3.93. The van der Waals surface area contributed by atoms with E-state index in [1.54, 1.807) is 11.3 Å². The molecule has 2 nitrogen and oxygen atoms in total. The van der Waals surface area contributed by atoms with Crippen molar-refractivity contribution in [3.05, 3.63) is 70.9 Å². The van der Waals surface area contributed by atoms with Crippen LogP contribution in [0.15, 0.2) is 48.5 Å². The summed E-state index contributed by atoms with van der Waals surface area (Å²) < 4.78 is 2.56. The second-order valence-electron chi connectivity index (χ2n) is 7.37. The van der Waals surface area contributed by atoms with E-state index in [9.17, 15) is 0 Å². The van der Waals surface area contributed by atoms with Crippen LogP contribution in [0.1, 0.15) is 28.8 Å². The van der Waals surface area contributed by atoms with Crippen LogP contribution >= 0.6 is 0 Å². The summed E-state index contributed by atoms with van der Waals surface area (Å²) in [6.45, 7) is 3.13. The molecule has 1 aromatic heterocycles. The first-order valence-electron chi connectivity index (χ1n) is 8.94. The number of aromatic nitrogens is 1. The van der Waals surface area contributed by atoms with Gasteiger partial charge < -0.3 is 9.47 Å². The predicted octanol–water partition coefficient (Wildman–Crippen LogP) is 4.42. The van der Waals surface area contributed by atoms with Gasteiger partial charge in [0.25, 0.3) is 0 Å². The second-order valence-corrected chi connectivity index (χ2v) is 7.37. The Hall–Kier alpha value is -2.06. The van der Waals surface area contributed by atoms with Gasteiger partial charge in [0.1, 0.15) is 0 Å². The number of benzene rings is 2. The molecule has 1 atom stereocenters. The molecule has 24 heavy (non-hydrogen) atoms. The van der Waals surface area contributed by atoms with Gasteiger partial charge in [-0.2, -0.15) is 0 Å². The molecule has 1 aliphatic rings. The van der Waals surface area contributed by atoms with Crippen LogP contribution in [-0.4, -0.2) is 29.6 Å². The van der Waals surface area contributed by atoms with Crippen molar-refractivity contribution in [3.63, 3.8) is 0 Å². The predicted molar refractivity (Wildman–Crippen MR) is 102 cm³/mol. The van der Waals surface area contributed by atoms with Gasteiger partial charge in [-0.05, 0) is 57.5 Å². The number of hydrogen-bond acceptors (Lipinski definition) is 1. The maximum absolute atomic E-state index is 2.56. The van der Waals surface area contributed by atoms with Crippen molar-refractivity contribution in [2.24, 2.45) is 0 Å². The van der Waals surface area contributed by atoms with Gasteiger partial charge >= 0.3 is 0 Å². The van der Waals surface area contributed by atoms with Crippen molar-refractivity contribution in [1.29, 1.82) is 0 Å². The third-order valence-corrected chi connectivity index (χ3v) is 5.54. The van der Waals surface area contributed by atoms with Crippen LogP contribution in [0.5, 0.6) is 0 Å². The normalized spacial score (nSPS) is 17.4. The van der Waals surface area contributed by atoms with E-state index in [4.69, 9.17) is 0 Å². The molecular formula is C22H26N2. The maximum Gasteiger partial charge on any atom is 0.0488 e. The first-order valence-corrected chi connectivity index (χ1v) is 8.94. The molecule has 1 aliphatic carbocycles. The molecule has 0 N–H and O–H groups in total. The van der Waals surface area contributed by atoms with Crippen LogP contribution in [0.2, 0.25) is 0 Å². The molecule has 0 aliphatic heterocycles. The highest BCUT2D eigenvalue weighted by molar-refractivity contribution is 5.86. The summed E-state index contributed by atoms with van der Waals surface area (Å²) in [5.74, 6) is 0. The highest BCUT2D eigenvalue weighted by Gasteiger charge is 2.26. The summed E-state index contributed by atoms with van der Waals surface area (Å²) in [6, 6.07) is 18.6. The summed E-state index contributed by atoms with van der Waals surface area (Å²) in [4.78, 5) is 2.38. The fraction of sp³-hybridized carbons (Fsp3) is 0.364. The lowest BCUT2D eigenvalue weighted by Crippen LogP contribution is -2.33. The van der Waals surface area contributed by atoms with E-state index in [1.165, 1.54) is 41.3 Å². The smallest absolute Gasteiger partial charge is 0.0488 e. The Bertz CT molecular complexity index is 856. The quantitative estimate of drug-likeness (QED) is 0.694. The molecule has 0 radical (unpaired) electrons. The summed E-state index contributed by atoms with van der Waals surface area (Å²) in [6.07, 6.45) is 3.60. The van der Waals surface area contributed by atoms with Gasteiger partial charge in [0.2, 0.25) is 0 Å². The fourth-order valence-electron chi connectivity index (χ4n) is 4.08. The lowest BCUT2D eigenvalue weighted by atomic mass is 9.91. The molecule has 1 unspecified atom stereocenters. The third kappa shape index (κ3) is 2.65. The minimum absolute atomic E-state index is 0.663. The van der Waals surface area contributed by atoms with Crippen molar-refractivity contribution in [2.75, 3.05) is 14.1 Å². The van der Waals surface area contributed by atoms with Gasteiger partial charge in [-0.1, -0.05) is 48.0 Å². The monoisotopic (exact) mass is 318 g/mol. The Morgan fingerprint density at radius 2 is 1.79 bits per heavy atom. The Morgan fingerprint density at radius 1 is 1.04 bits per heavy atom. The Labute approximate surface area is 144 Å². The van der Waals surface area contributed by atoms with Crippen LogP contribution < -0.4 is 0 Å². The van der Waals surface area contributed by atoms with Crippen LogP contribution in [0, 0.1) is 6.92 Å². The Morgan fingerprint density at radius 3 is 2.54 bits per heavy atom. The van der Waals surface area contributed by atoms with Crippen LogP contribution in [0.25, 0.3) is 10.9 Å². The minimum atomic E-state index is 0.663. The van der Waals surface area contributed by atoms with E-state index in [0.29, 0.717) is 6.04 Å². The van der Waals surface area contributed by atoms with Crippen LogP contribution in [0.4, 0.5) is 0 Å². The van der Waals surface area contributed by atoms with Gasteiger partial charge in [0, 0.05) is 29.2 Å². The fourth-order valence-corrected chi connectivity index (χ4v) is 4.08. The summed E-state index contributed by atoms with van der Waals surface area (Å²) in [7, 11) is 4.42. The molecule has 2 aromatic carbocycles. The molecule has 0 saturated heterocycles. The van der Waals surface area contributed by atoms with E-state index in [2.05, 4.69) is 79.0 Å². The average Bonchev–Trinajstić information content (AvgIpc) is 2.90. The molecule has 124 valence electrons. The van der Waals surface area contributed by atoms with Gasteiger partial charge in [-0.25, -0.2) is 0 Å². The van der Waals surface area contributed by atoms with E-state index >= 15 is 0 Å². The number of nitrogens with zero attached hydrogens (tertiary/aromatic N) is 2. The number of rotatable bonds is 3. The second kappa shape index (κ2) is 6.10. The number of para-hydroxylation sites is 1. The van der Waals surface area contributed by atoms with Crippen molar-refractivity contribution < 1.29 is 0 Å². The number of aryl methyl sites for hydroxylation is 1. The lowest BCUT2D eigenvalue weighted by molar-refractivity contribution is 0.266. The SMILES string of the molecule is Cc1ccc(Cn2c3c(c4ccccc42)CC(N(C)C)CC3)cc1. The minimum Gasteiger partial charge on any atom is -0.340 e. The van der Waals surface area contributed by atoms with E-state index in [0.717, 1.165) is 6.54 Å². The molecule has 3 aromatic rings. The first-order chi connectivity index (χ1) is 11.6. The van der Waals surface area contributed by atoms with Crippen molar-refractivity contribution >= 4 is 10.9 Å². The molecule has 0 spiro atoms. The van der Waals surface area contributed by atoms with E-state index < -0.39 is 0 Å². The van der Waals surface area contributed by atoms with Crippen LogP contribution in [0.3, 0.4) is 0 Å². The number of likely N-dealkylation sites (N-methyl/N-ethyl adjacent to an activating group) is 1. The molecule has 4 rings (SSSR count). The van der Waals surface area contributed by atoms with E-state index in [1.807, 2.05) is 0 Å². The zero-order valence-corrected chi connectivity index (χ0v) is 14.9.